The summed E-state index contributed by atoms with van der Waals surface area (Å²) >= 11 is 2.73. The summed E-state index contributed by atoms with van der Waals surface area (Å²) in [6.45, 7) is 4.45. The molecular weight excluding hydrogens is 354 g/mol. The van der Waals surface area contributed by atoms with Crippen LogP contribution in [0.2, 0.25) is 0 Å². The van der Waals surface area contributed by atoms with E-state index >= 15 is 0 Å². The molecule has 5 nitrogen and oxygen atoms in total. The second kappa shape index (κ2) is 7.41. The zero-order valence-electron chi connectivity index (χ0n) is 14.4. The lowest BCUT2D eigenvalue weighted by atomic mass is 10.2. The fraction of sp³-hybridized carbons (Fsp3) is 0.278. The smallest absolute Gasteiger partial charge is 0.272 e. The van der Waals surface area contributed by atoms with Gasteiger partial charge < -0.3 is 4.90 Å². The van der Waals surface area contributed by atoms with Gasteiger partial charge in [0.2, 0.25) is 5.91 Å². The van der Waals surface area contributed by atoms with Gasteiger partial charge in [-0.15, -0.1) is 11.3 Å². The fourth-order valence-electron chi connectivity index (χ4n) is 2.74. The Bertz CT molecular complexity index is 978. The maximum Gasteiger partial charge on any atom is 0.272 e. The van der Waals surface area contributed by atoms with Gasteiger partial charge in [-0.25, -0.2) is 4.98 Å². The summed E-state index contributed by atoms with van der Waals surface area (Å²) in [6, 6.07) is 9.64. The second-order valence-corrected chi connectivity index (χ2v) is 7.29. The van der Waals surface area contributed by atoms with Crippen LogP contribution in [0.5, 0.6) is 0 Å². The number of carbonyl (C=O) groups is 1. The van der Waals surface area contributed by atoms with Crippen LogP contribution in [0.15, 0.2) is 45.7 Å². The molecule has 0 N–H and O–H groups in total. The number of rotatable bonds is 5. The SMILES string of the molecule is CCN(C(=O)Cn1c(SC)nc2ccsc2c1=O)c1cccc(C)c1. The number of aryl methyl sites for hydroxylation is 1. The molecule has 130 valence electrons. The van der Waals surface area contributed by atoms with Crippen molar-refractivity contribution in [1.82, 2.24) is 9.55 Å². The summed E-state index contributed by atoms with van der Waals surface area (Å²) < 4.78 is 2.06. The topological polar surface area (TPSA) is 55.2 Å². The Morgan fingerprint density at radius 3 is 2.84 bits per heavy atom. The fourth-order valence-corrected chi connectivity index (χ4v) is 4.07. The highest BCUT2D eigenvalue weighted by Gasteiger charge is 2.19. The minimum absolute atomic E-state index is 0.0162. The van der Waals surface area contributed by atoms with E-state index in [1.54, 1.807) is 4.90 Å². The van der Waals surface area contributed by atoms with Crippen LogP contribution in [0, 0.1) is 6.92 Å². The van der Waals surface area contributed by atoms with E-state index in [-0.39, 0.29) is 18.0 Å². The standard InChI is InChI=1S/C18H19N3O2S2/c1-4-20(13-7-5-6-12(2)10-13)15(22)11-21-17(23)16-14(8-9-25-16)19-18(21)24-3/h5-10H,4,11H2,1-3H3. The van der Waals surface area contributed by atoms with Crippen molar-refractivity contribution in [2.75, 3.05) is 17.7 Å². The number of hydrogen-bond donors (Lipinski definition) is 0. The normalized spacial score (nSPS) is 11.0. The van der Waals surface area contributed by atoms with Crippen LogP contribution >= 0.6 is 23.1 Å². The number of thioether (sulfide) groups is 1. The zero-order chi connectivity index (χ0) is 18.0. The summed E-state index contributed by atoms with van der Waals surface area (Å²) in [5.74, 6) is -0.122. The average molecular weight is 374 g/mol. The summed E-state index contributed by atoms with van der Waals surface area (Å²) in [4.78, 5) is 31.8. The van der Waals surface area contributed by atoms with Gasteiger partial charge in [-0.05, 0) is 49.2 Å². The number of nitrogens with zero attached hydrogens (tertiary/aromatic N) is 3. The molecule has 1 aromatic carbocycles. The molecule has 0 saturated carbocycles. The molecule has 1 amide bonds. The summed E-state index contributed by atoms with van der Waals surface area (Å²) in [6.07, 6.45) is 1.86. The second-order valence-electron chi connectivity index (χ2n) is 5.60. The molecule has 0 aliphatic rings. The molecule has 0 radical (unpaired) electrons. The molecule has 0 fully saturated rings. The van der Waals surface area contributed by atoms with E-state index in [1.807, 2.05) is 55.8 Å². The number of anilines is 1. The lowest BCUT2D eigenvalue weighted by Crippen LogP contribution is -2.37. The van der Waals surface area contributed by atoms with Crippen LogP contribution in [0.1, 0.15) is 12.5 Å². The van der Waals surface area contributed by atoms with Gasteiger partial charge >= 0.3 is 0 Å². The molecule has 0 aliphatic heterocycles. The number of hydrogen-bond acceptors (Lipinski definition) is 5. The quantitative estimate of drug-likeness (QED) is 0.507. The van der Waals surface area contributed by atoms with E-state index in [0.29, 0.717) is 21.9 Å². The highest BCUT2D eigenvalue weighted by molar-refractivity contribution is 7.98. The first-order chi connectivity index (χ1) is 12.0. The number of benzene rings is 1. The van der Waals surface area contributed by atoms with Crippen molar-refractivity contribution < 1.29 is 4.79 Å². The molecule has 3 rings (SSSR count). The molecule has 2 heterocycles. The zero-order valence-corrected chi connectivity index (χ0v) is 16.0. The summed E-state index contributed by atoms with van der Waals surface area (Å²) in [7, 11) is 0. The van der Waals surface area contributed by atoms with Gasteiger partial charge in [-0.2, -0.15) is 0 Å². The Hall–Kier alpha value is -2.12. The van der Waals surface area contributed by atoms with Gasteiger partial charge in [0.15, 0.2) is 5.16 Å². The molecule has 3 aromatic rings. The van der Waals surface area contributed by atoms with Gasteiger partial charge in [0.25, 0.3) is 5.56 Å². The monoisotopic (exact) mass is 373 g/mol. The Labute approximate surface area is 154 Å². The number of aromatic nitrogens is 2. The van der Waals surface area contributed by atoms with Gasteiger partial charge in [0, 0.05) is 12.2 Å². The molecule has 0 spiro atoms. The minimum atomic E-state index is -0.155. The van der Waals surface area contributed by atoms with E-state index in [1.165, 1.54) is 27.7 Å². The number of thiophene rings is 1. The third-order valence-electron chi connectivity index (χ3n) is 3.94. The summed E-state index contributed by atoms with van der Waals surface area (Å²) in [5, 5.41) is 2.41. The van der Waals surface area contributed by atoms with Gasteiger partial charge in [0.05, 0.1) is 5.52 Å². The van der Waals surface area contributed by atoms with E-state index in [2.05, 4.69) is 4.98 Å². The largest absolute Gasteiger partial charge is 0.311 e. The van der Waals surface area contributed by atoms with Crippen molar-refractivity contribution in [3.05, 3.63) is 51.6 Å². The molecule has 0 atom stereocenters. The van der Waals surface area contributed by atoms with Gasteiger partial charge in [0.1, 0.15) is 11.2 Å². The van der Waals surface area contributed by atoms with Crippen LogP contribution in [0.25, 0.3) is 10.2 Å². The molecule has 0 aliphatic carbocycles. The number of amides is 1. The van der Waals surface area contributed by atoms with Crippen molar-refractivity contribution >= 4 is 44.9 Å². The highest BCUT2D eigenvalue weighted by Crippen LogP contribution is 2.20. The lowest BCUT2D eigenvalue weighted by molar-refractivity contribution is -0.119. The molecule has 0 bridgehead atoms. The maximum atomic E-state index is 12.9. The van der Waals surface area contributed by atoms with Crippen molar-refractivity contribution in [2.45, 2.75) is 25.5 Å². The molecule has 25 heavy (non-hydrogen) atoms. The number of likely N-dealkylation sites (N-methyl/N-ethyl adjacent to an activating group) is 1. The average Bonchev–Trinajstić information content (AvgIpc) is 3.06. The van der Waals surface area contributed by atoms with Crippen LogP contribution in [0.4, 0.5) is 5.69 Å². The molecule has 0 saturated heterocycles. The minimum Gasteiger partial charge on any atom is -0.311 e. The van der Waals surface area contributed by atoms with Gasteiger partial charge in [-0.1, -0.05) is 23.9 Å². The number of fused-ring (bicyclic) bond motifs is 1. The first-order valence-electron chi connectivity index (χ1n) is 7.94. The van der Waals surface area contributed by atoms with Gasteiger partial charge in [-0.3, -0.25) is 14.2 Å². The van der Waals surface area contributed by atoms with Crippen LogP contribution in [-0.2, 0) is 11.3 Å². The van der Waals surface area contributed by atoms with Crippen LogP contribution in [-0.4, -0.2) is 28.3 Å². The third-order valence-corrected chi connectivity index (χ3v) is 5.51. The first-order valence-corrected chi connectivity index (χ1v) is 10.0. The Morgan fingerprint density at radius 1 is 1.36 bits per heavy atom. The van der Waals surface area contributed by atoms with Crippen molar-refractivity contribution in [2.24, 2.45) is 0 Å². The van der Waals surface area contributed by atoms with E-state index < -0.39 is 0 Å². The highest BCUT2D eigenvalue weighted by atomic mass is 32.2. The predicted octanol–water partition coefficient (Wildman–Crippen LogP) is 3.54. The van der Waals surface area contributed by atoms with E-state index in [4.69, 9.17) is 0 Å². The third kappa shape index (κ3) is 3.48. The van der Waals surface area contributed by atoms with Crippen molar-refractivity contribution in [1.29, 1.82) is 0 Å². The molecule has 7 heteroatoms. The van der Waals surface area contributed by atoms with Crippen molar-refractivity contribution in [3.8, 4) is 0 Å². The summed E-state index contributed by atoms with van der Waals surface area (Å²) in [5.41, 5.74) is 2.47. The maximum absolute atomic E-state index is 12.9. The molecule has 2 aromatic heterocycles. The molecule has 0 unspecified atom stereocenters. The first kappa shape index (κ1) is 17.7. The van der Waals surface area contributed by atoms with Crippen molar-refractivity contribution in [3.63, 3.8) is 0 Å². The Morgan fingerprint density at radius 2 is 2.16 bits per heavy atom. The number of carbonyl (C=O) groups excluding carboxylic acids is 1. The lowest BCUT2D eigenvalue weighted by Gasteiger charge is -2.22. The van der Waals surface area contributed by atoms with E-state index in [0.717, 1.165) is 11.3 Å². The van der Waals surface area contributed by atoms with E-state index in [9.17, 15) is 9.59 Å². The van der Waals surface area contributed by atoms with Crippen LogP contribution < -0.4 is 10.5 Å². The molecular formula is C18H19N3O2S2. The Balaban J connectivity index is 1.98. The predicted molar refractivity (Wildman–Crippen MR) is 105 cm³/mol. The van der Waals surface area contributed by atoms with Crippen LogP contribution in [0.3, 0.4) is 0 Å². The Kier molecular flexibility index (Phi) is 5.24.